The van der Waals surface area contributed by atoms with Crippen molar-refractivity contribution < 1.29 is 13.3 Å². The van der Waals surface area contributed by atoms with Crippen molar-refractivity contribution in [3.8, 4) is 0 Å². The van der Waals surface area contributed by atoms with Crippen LogP contribution in [0.3, 0.4) is 0 Å². The van der Waals surface area contributed by atoms with E-state index in [9.17, 15) is 8.42 Å². The Hall–Kier alpha value is -0.750. The molecular weight excluding hydrogens is 321 g/mol. The van der Waals surface area contributed by atoms with Crippen LogP contribution in [0.5, 0.6) is 0 Å². The molecule has 1 heterocycles. The summed E-state index contributed by atoms with van der Waals surface area (Å²) in [6.45, 7) is 5.28. The quantitative estimate of drug-likeness (QED) is 0.862. The number of rotatable bonds is 3. The fraction of sp³-hybridized carbons (Fsp3) is 0.385. The van der Waals surface area contributed by atoms with Crippen molar-refractivity contribution in [2.24, 2.45) is 0 Å². The molecule has 0 radical (unpaired) electrons. The van der Waals surface area contributed by atoms with Crippen LogP contribution < -0.4 is 5.48 Å². The molecule has 0 saturated carbocycles. The second kappa shape index (κ2) is 4.91. The lowest BCUT2D eigenvalue weighted by molar-refractivity contribution is -0.0129. The largest absolute Gasteiger partial charge is 0.265 e. The van der Waals surface area contributed by atoms with Crippen molar-refractivity contribution in [3.63, 3.8) is 0 Å². The SMILES string of the molecule is Cc1cccc(C(Cl)(Cl)S(=O)(=O)C2=CC(C)(C)ON2)c1. The highest BCUT2D eigenvalue weighted by atomic mass is 35.5. The van der Waals surface area contributed by atoms with Crippen molar-refractivity contribution >= 4 is 33.0 Å². The number of alkyl halides is 2. The van der Waals surface area contributed by atoms with Gasteiger partial charge in [-0.3, -0.25) is 10.3 Å². The minimum Gasteiger partial charge on any atom is -0.265 e. The molecular formula is C13H15Cl2NO3S. The van der Waals surface area contributed by atoms with Crippen molar-refractivity contribution in [2.45, 2.75) is 30.0 Å². The lowest BCUT2D eigenvalue weighted by atomic mass is 10.1. The number of hydrogen-bond donors (Lipinski definition) is 1. The average molecular weight is 336 g/mol. The van der Waals surface area contributed by atoms with E-state index in [4.69, 9.17) is 28.0 Å². The van der Waals surface area contributed by atoms with Crippen LogP contribution in [0, 0.1) is 6.92 Å². The van der Waals surface area contributed by atoms with Crippen LogP contribution in [0.4, 0.5) is 0 Å². The maximum absolute atomic E-state index is 12.6. The molecule has 7 heteroatoms. The second-order valence-electron chi connectivity index (χ2n) is 5.21. The van der Waals surface area contributed by atoms with Crippen LogP contribution in [0.2, 0.25) is 0 Å². The Morgan fingerprint density at radius 2 is 1.95 bits per heavy atom. The fourth-order valence-electron chi connectivity index (χ4n) is 1.81. The number of aryl methyl sites for hydroxylation is 1. The summed E-state index contributed by atoms with van der Waals surface area (Å²) in [4.78, 5) is 5.15. The van der Waals surface area contributed by atoms with E-state index in [0.29, 0.717) is 5.56 Å². The number of nitrogens with one attached hydrogen (secondary N) is 1. The van der Waals surface area contributed by atoms with Gasteiger partial charge in [-0.2, -0.15) is 0 Å². The van der Waals surface area contributed by atoms with E-state index < -0.39 is 19.1 Å². The molecule has 0 amide bonds. The van der Waals surface area contributed by atoms with E-state index in [-0.39, 0.29) is 5.03 Å². The molecule has 0 spiro atoms. The standard InChI is InChI=1S/C13H15Cl2NO3S/c1-9-5-4-6-10(7-9)13(14,15)20(17,18)11-8-12(2,3)19-16-11/h4-8,16H,1-3H3. The summed E-state index contributed by atoms with van der Waals surface area (Å²) in [7, 11) is -4.02. The highest BCUT2D eigenvalue weighted by Gasteiger charge is 2.47. The van der Waals surface area contributed by atoms with E-state index >= 15 is 0 Å². The molecule has 1 aliphatic rings. The molecule has 1 aromatic carbocycles. The molecule has 1 aromatic rings. The maximum Gasteiger partial charge on any atom is 0.248 e. The summed E-state index contributed by atoms with van der Waals surface area (Å²) in [6, 6.07) is 6.75. The monoisotopic (exact) mass is 335 g/mol. The van der Waals surface area contributed by atoms with Gasteiger partial charge in [-0.05, 0) is 26.8 Å². The van der Waals surface area contributed by atoms with Gasteiger partial charge in [-0.1, -0.05) is 53.0 Å². The molecule has 20 heavy (non-hydrogen) atoms. The van der Waals surface area contributed by atoms with Crippen LogP contribution in [-0.4, -0.2) is 14.0 Å². The number of sulfone groups is 1. The minimum absolute atomic E-state index is 0.131. The molecule has 1 aliphatic heterocycles. The van der Waals surface area contributed by atoms with Crippen molar-refractivity contribution in [1.29, 1.82) is 0 Å². The third-order valence-corrected chi connectivity index (χ3v) is 6.22. The van der Waals surface area contributed by atoms with E-state index in [1.54, 1.807) is 32.0 Å². The number of halogens is 2. The first-order chi connectivity index (χ1) is 9.06. The van der Waals surface area contributed by atoms with E-state index in [0.717, 1.165) is 5.56 Å². The highest BCUT2D eigenvalue weighted by Crippen LogP contribution is 2.44. The van der Waals surface area contributed by atoms with Gasteiger partial charge < -0.3 is 0 Å². The van der Waals surface area contributed by atoms with Crippen LogP contribution in [0.1, 0.15) is 25.0 Å². The van der Waals surface area contributed by atoms with Crippen LogP contribution in [0.15, 0.2) is 35.4 Å². The first-order valence-electron chi connectivity index (χ1n) is 5.93. The zero-order valence-corrected chi connectivity index (χ0v) is 13.6. The Balaban J connectivity index is 2.48. The molecule has 2 rings (SSSR count). The number of hydrogen-bond acceptors (Lipinski definition) is 4. The molecule has 0 aromatic heterocycles. The summed E-state index contributed by atoms with van der Waals surface area (Å²) in [6.07, 6.45) is 1.44. The Kier molecular flexibility index (Phi) is 3.84. The molecule has 4 nitrogen and oxygen atoms in total. The Labute approximate surface area is 128 Å². The smallest absolute Gasteiger partial charge is 0.248 e. The van der Waals surface area contributed by atoms with Gasteiger partial charge in [0.2, 0.25) is 13.5 Å². The van der Waals surface area contributed by atoms with Crippen LogP contribution >= 0.6 is 23.2 Å². The zero-order valence-electron chi connectivity index (χ0n) is 11.3. The van der Waals surface area contributed by atoms with E-state index in [1.165, 1.54) is 6.08 Å². The third kappa shape index (κ3) is 2.68. The molecule has 0 fully saturated rings. The van der Waals surface area contributed by atoms with Gasteiger partial charge in [0.25, 0.3) is 0 Å². The molecule has 0 atom stereocenters. The second-order valence-corrected chi connectivity index (χ2v) is 9.04. The topological polar surface area (TPSA) is 55.4 Å². The average Bonchev–Trinajstić information content (AvgIpc) is 2.70. The lowest BCUT2D eigenvalue weighted by Crippen LogP contribution is -2.30. The molecule has 0 saturated heterocycles. The van der Waals surface area contributed by atoms with Crippen molar-refractivity contribution in [1.82, 2.24) is 5.48 Å². The highest BCUT2D eigenvalue weighted by molar-refractivity contribution is 7.98. The number of hydroxylamine groups is 1. The molecule has 0 bridgehead atoms. The van der Waals surface area contributed by atoms with Crippen LogP contribution in [0.25, 0.3) is 0 Å². The van der Waals surface area contributed by atoms with Crippen molar-refractivity contribution in [3.05, 3.63) is 46.5 Å². The molecule has 0 unspecified atom stereocenters. The third-order valence-electron chi connectivity index (χ3n) is 2.87. The van der Waals surface area contributed by atoms with Gasteiger partial charge in [0.1, 0.15) is 5.60 Å². The van der Waals surface area contributed by atoms with E-state index in [2.05, 4.69) is 5.48 Å². The number of benzene rings is 1. The first kappa shape index (κ1) is 15.6. The van der Waals surface area contributed by atoms with Gasteiger partial charge in [-0.15, -0.1) is 0 Å². The maximum atomic E-state index is 12.6. The van der Waals surface area contributed by atoms with Crippen LogP contribution in [-0.2, 0) is 18.3 Å². The van der Waals surface area contributed by atoms with Gasteiger partial charge in [-0.25, -0.2) is 8.42 Å². The Morgan fingerprint density at radius 3 is 2.45 bits per heavy atom. The summed E-state index contributed by atoms with van der Waals surface area (Å²) < 4.78 is 23.1. The molecule has 110 valence electrons. The summed E-state index contributed by atoms with van der Waals surface area (Å²) in [5.41, 5.74) is 2.81. The zero-order chi connectivity index (χ0) is 15.2. The van der Waals surface area contributed by atoms with E-state index in [1.807, 2.05) is 13.0 Å². The summed E-state index contributed by atoms with van der Waals surface area (Å²) in [5.74, 6) is 0. The fourth-order valence-corrected chi connectivity index (χ4v) is 3.85. The Bertz CT molecular complexity index is 666. The van der Waals surface area contributed by atoms with Gasteiger partial charge in [0, 0.05) is 5.56 Å². The van der Waals surface area contributed by atoms with Crippen molar-refractivity contribution in [2.75, 3.05) is 0 Å². The van der Waals surface area contributed by atoms with Gasteiger partial charge in [0.05, 0.1) is 0 Å². The summed E-state index contributed by atoms with van der Waals surface area (Å²) in [5, 5.41) is -0.131. The predicted octanol–water partition coefficient (Wildman–Crippen LogP) is 3.15. The van der Waals surface area contributed by atoms with Gasteiger partial charge >= 0.3 is 0 Å². The Morgan fingerprint density at radius 1 is 1.30 bits per heavy atom. The van der Waals surface area contributed by atoms with Gasteiger partial charge in [0.15, 0.2) is 5.03 Å². The predicted molar refractivity (Wildman–Crippen MR) is 79.9 cm³/mol. The minimum atomic E-state index is -4.02. The summed E-state index contributed by atoms with van der Waals surface area (Å²) >= 11 is 12.3. The lowest BCUT2D eigenvalue weighted by Gasteiger charge is -2.21. The first-order valence-corrected chi connectivity index (χ1v) is 8.17. The molecule has 1 N–H and O–H groups in total. The normalized spacial score (nSPS) is 18.6. The molecule has 0 aliphatic carbocycles.